The smallest absolute Gasteiger partial charge is 0.339 e. The Kier molecular flexibility index (Phi) is 7.12. The second kappa shape index (κ2) is 10.2. The van der Waals surface area contributed by atoms with Crippen molar-refractivity contribution in [3.63, 3.8) is 0 Å². The van der Waals surface area contributed by atoms with Gasteiger partial charge < -0.3 is 24.4 Å². The fourth-order valence-electron chi connectivity index (χ4n) is 4.31. The molecule has 0 bridgehead atoms. The van der Waals surface area contributed by atoms with Crippen LogP contribution in [0.4, 0.5) is 14.9 Å². The molecule has 1 aliphatic rings. The first-order valence-corrected chi connectivity index (χ1v) is 11.2. The summed E-state index contributed by atoms with van der Waals surface area (Å²) in [6, 6.07) is 13.1. The maximum Gasteiger partial charge on any atom is 0.339 e. The molecule has 182 valence electrons. The van der Waals surface area contributed by atoms with Gasteiger partial charge in [0.1, 0.15) is 5.82 Å². The molecular weight excluding hydrogens is 475 g/mol. The van der Waals surface area contributed by atoms with Crippen LogP contribution < -0.4 is 14.8 Å². The van der Waals surface area contributed by atoms with Gasteiger partial charge in [-0.25, -0.2) is 14.0 Å². The molecule has 0 radical (unpaired) electrons. The number of nitrogens with one attached hydrogen (secondary N) is 1. The number of amides is 2. The molecule has 1 aliphatic heterocycles. The molecule has 0 saturated carbocycles. The van der Waals surface area contributed by atoms with Gasteiger partial charge in [-0.3, -0.25) is 0 Å². The van der Waals surface area contributed by atoms with Crippen LogP contribution >= 0.6 is 11.6 Å². The Balaban J connectivity index is 1.82. The number of esters is 1. The Morgan fingerprint density at radius 1 is 1.03 bits per heavy atom. The van der Waals surface area contributed by atoms with Crippen LogP contribution in [0.1, 0.15) is 33.1 Å². The fraction of sp³-hybridized carbons (Fsp3) is 0.231. The maximum absolute atomic E-state index is 15.2. The summed E-state index contributed by atoms with van der Waals surface area (Å²) < 4.78 is 30.9. The number of carbonyl (C=O) groups is 2. The van der Waals surface area contributed by atoms with Crippen molar-refractivity contribution in [2.24, 2.45) is 0 Å². The average molecular weight is 499 g/mol. The van der Waals surface area contributed by atoms with E-state index in [9.17, 15) is 9.59 Å². The molecule has 3 aromatic carbocycles. The quantitative estimate of drug-likeness (QED) is 0.472. The van der Waals surface area contributed by atoms with Crippen LogP contribution in [-0.4, -0.2) is 44.8 Å². The van der Waals surface area contributed by atoms with Gasteiger partial charge in [-0.05, 0) is 53.9 Å². The number of halogens is 2. The van der Waals surface area contributed by atoms with E-state index in [1.807, 2.05) is 6.07 Å². The van der Waals surface area contributed by atoms with Crippen molar-refractivity contribution >= 4 is 29.3 Å². The first-order chi connectivity index (χ1) is 16.9. The molecule has 3 aromatic rings. The molecule has 0 aliphatic carbocycles. The number of methoxy groups -OCH3 is 3. The number of hydrogen-bond acceptors (Lipinski definition) is 5. The Morgan fingerprint density at radius 3 is 2.43 bits per heavy atom. The van der Waals surface area contributed by atoms with E-state index in [1.54, 1.807) is 36.4 Å². The van der Waals surface area contributed by atoms with Crippen molar-refractivity contribution in [3.8, 4) is 11.5 Å². The molecule has 9 heteroatoms. The number of fused-ring (bicyclic) bond motifs is 1. The first kappa shape index (κ1) is 24.3. The van der Waals surface area contributed by atoms with E-state index in [-0.39, 0.29) is 28.4 Å². The summed E-state index contributed by atoms with van der Waals surface area (Å²) in [5.74, 6) is -0.148. The summed E-state index contributed by atoms with van der Waals surface area (Å²) >= 11 is 6.46. The van der Waals surface area contributed by atoms with Gasteiger partial charge in [0.15, 0.2) is 11.5 Å². The van der Waals surface area contributed by atoms with Crippen LogP contribution in [0.15, 0.2) is 54.6 Å². The number of nitrogens with zero attached hydrogens (tertiary/aromatic N) is 1. The summed E-state index contributed by atoms with van der Waals surface area (Å²) in [4.78, 5) is 27.2. The number of anilines is 1. The zero-order valence-corrected chi connectivity index (χ0v) is 20.2. The summed E-state index contributed by atoms with van der Waals surface area (Å²) in [5.41, 5.74) is 2.19. The Morgan fingerprint density at radius 2 is 1.74 bits per heavy atom. The molecule has 0 spiro atoms. The SMILES string of the molecule is COC(=O)c1ccccc1NC(=O)N1CCc2cc(OC)c(OC)cc2C1c1c(F)cccc1Cl. The third-order valence-electron chi connectivity index (χ3n) is 5.98. The van der Waals surface area contributed by atoms with E-state index in [1.165, 1.54) is 38.4 Å². The summed E-state index contributed by atoms with van der Waals surface area (Å²) in [5, 5.41) is 2.97. The number of rotatable bonds is 5. The van der Waals surface area contributed by atoms with Crippen molar-refractivity contribution in [2.45, 2.75) is 12.5 Å². The second-order valence-electron chi connectivity index (χ2n) is 7.85. The van der Waals surface area contributed by atoms with Gasteiger partial charge in [0, 0.05) is 17.1 Å². The Bertz CT molecular complexity index is 1260. The van der Waals surface area contributed by atoms with E-state index in [0.717, 1.165) is 5.56 Å². The lowest BCUT2D eigenvalue weighted by Crippen LogP contribution is -2.43. The third kappa shape index (κ3) is 4.61. The van der Waals surface area contributed by atoms with Crippen molar-refractivity contribution in [1.29, 1.82) is 0 Å². The lowest BCUT2D eigenvalue weighted by Gasteiger charge is -2.38. The molecule has 0 saturated heterocycles. The summed E-state index contributed by atoms with van der Waals surface area (Å²) in [6.45, 7) is 0.268. The van der Waals surface area contributed by atoms with Crippen LogP contribution in [0.3, 0.4) is 0 Å². The number of urea groups is 1. The number of para-hydroxylation sites is 1. The molecule has 0 fully saturated rings. The maximum atomic E-state index is 15.2. The normalized spacial score (nSPS) is 14.7. The minimum Gasteiger partial charge on any atom is -0.493 e. The fourth-order valence-corrected chi connectivity index (χ4v) is 4.58. The van der Waals surface area contributed by atoms with Crippen LogP contribution in [0.5, 0.6) is 11.5 Å². The van der Waals surface area contributed by atoms with E-state index >= 15 is 4.39 Å². The molecule has 35 heavy (non-hydrogen) atoms. The molecule has 1 unspecified atom stereocenters. The molecule has 0 aromatic heterocycles. The highest BCUT2D eigenvalue weighted by Crippen LogP contribution is 2.43. The minimum atomic E-state index is -0.849. The standard InChI is InChI=1S/C26H24ClFN2O5/c1-33-21-13-15-11-12-30(26(32)29-20-10-5-4-7-16(20)25(31)35-3)24(17(15)14-22(21)34-2)23-18(27)8-6-9-19(23)28/h4-10,13-14,24H,11-12H2,1-3H3,(H,29,32). The summed E-state index contributed by atoms with van der Waals surface area (Å²) in [7, 11) is 4.31. The largest absolute Gasteiger partial charge is 0.493 e. The average Bonchev–Trinajstić information content (AvgIpc) is 2.87. The zero-order chi connectivity index (χ0) is 25.1. The second-order valence-corrected chi connectivity index (χ2v) is 8.26. The van der Waals surface area contributed by atoms with Crippen LogP contribution in [0.25, 0.3) is 0 Å². The predicted octanol–water partition coefficient (Wildman–Crippen LogP) is 5.46. The van der Waals surface area contributed by atoms with E-state index in [4.69, 9.17) is 25.8 Å². The first-order valence-electron chi connectivity index (χ1n) is 10.8. The molecule has 4 rings (SSSR count). The van der Waals surface area contributed by atoms with E-state index in [0.29, 0.717) is 23.5 Å². The third-order valence-corrected chi connectivity index (χ3v) is 6.31. The number of carbonyl (C=O) groups excluding carboxylic acids is 2. The molecule has 7 nitrogen and oxygen atoms in total. The van der Waals surface area contributed by atoms with Gasteiger partial charge in [-0.2, -0.15) is 0 Å². The molecule has 1 heterocycles. The lowest BCUT2D eigenvalue weighted by atomic mass is 9.87. The van der Waals surface area contributed by atoms with Crippen LogP contribution in [0, 0.1) is 5.82 Å². The summed E-state index contributed by atoms with van der Waals surface area (Å²) in [6.07, 6.45) is 0.490. The van der Waals surface area contributed by atoms with Crippen molar-refractivity contribution in [3.05, 3.63) is 87.7 Å². The highest BCUT2D eigenvalue weighted by atomic mass is 35.5. The topological polar surface area (TPSA) is 77.1 Å². The van der Waals surface area contributed by atoms with Crippen LogP contribution in [0.2, 0.25) is 5.02 Å². The van der Waals surface area contributed by atoms with Crippen molar-refractivity contribution in [2.75, 3.05) is 33.2 Å². The Labute approximate surface area is 207 Å². The lowest BCUT2D eigenvalue weighted by molar-refractivity contribution is 0.0602. The highest BCUT2D eigenvalue weighted by Gasteiger charge is 2.36. The zero-order valence-electron chi connectivity index (χ0n) is 19.4. The predicted molar refractivity (Wildman–Crippen MR) is 130 cm³/mol. The van der Waals surface area contributed by atoms with E-state index in [2.05, 4.69) is 5.32 Å². The number of hydrogen-bond donors (Lipinski definition) is 1. The number of ether oxygens (including phenoxy) is 3. The minimum absolute atomic E-state index is 0.165. The monoisotopic (exact) mass is 498 g/mol. The van der Waals surface area contributed by atoms with Gasteiger partial charge in [0.05, 0.1) is 38.6 Å². The van der Waals surface area contributed by atoms with Crippen LogP contribution in [-0.2, 0) is 11.2 Å². The van der Waals surface area contributed by atoms with E-state index < -0.39 is 23.9 Å². The number of benzene rings is 3. The highest BCUT2D eigenvalue weighted by molar-refractivity contribution is 6.31. The molecular formula is C26H24ClFN2O5. The molecule has 1 atom stereocenters. The van der Waals surface area contributed by atoms with Gasteiger partial charge in [-0.15, -0.1) is 0 Å². The molecule has 1 N–H and O–H groups in total. The Hall–Kier alpha value is -3.78. The van der Waals surface area contributed by atoms with Crippen molar-refractivity contribution < 1.29 is 28.2 Å². The van der Waals surface area contributed by atoms with Gasteiger partial charge in [0.25, 0.3) is 0 Å². The molecule has 2 amide bonds. The van der Waals surface area contributed by atoms with Gasteiger partial charge >= 0.3 is 12.0 Å². The van der Waals surface area contributed by atoms with Gasteiger partial charge in [-0.1, -0.05) is 29.8 Å². The van der Waals surface area contributed by atoms with Gasteiger partial charge in [0.2, 0.25) is 0 Å². The van der Waals surface area contributed by atoms with Crippen molar-refractivity contribution in [1.82, 2.24) is 4.90 Å².